The Morgan fingerprint density at radius 3 is 2.55 bits per heavy atom. The highest BCUT2D eigenvalue weighted by molar-refractivity contribution is 7.99. The first-order valence-electron chi connectivity index (χ1n) is 5.48. The molecule has 20 heavy (non-hydrogen) atoms. The third kappa shape index (κ3) is 3.32. The Bertz CT molecular complexity index is 697. The molecule has 0 saturated heterocycles. The van der Waals surface area contributed by atoms with Crippen molar-refractivity contribution < 1.29 is 13.2 Å². The van der Waals surface area contributed by atoms with Crippen LogP contribution in [0.15, 0.2) is 39.1 Å². The second-order valence-electron chi connectivity index (χ2n) is 4.04. The van der Waals surface area contributed by atoms with Crippen molar-refractivity contribution in [1.82, 2.24) is 9.97 Å². The summed E-state index contributed by atoms with van der Waals surface area (Å²) in [7, 11) is 0. The lowest BCUT2D eigenvalue weighted by molar-refractivity contribution is -0.137. The molecule has 2 rings (SSSR count). The number of alkyl halides is 3. The number of aromatic nitrogens is 2. The molecule has 0 spiro atoms. The van der Waals surface area contributed by atoms with E-state index in [0.717, 1.165) is 23.9 Å². The molecule has 0 unspecified atom stereocenters. The minimum absolute atomic E-state index is 0.0195. The van der Waals surface area contributed by atoms with Crippen LogP contribution < -0.4 is 11.3 Å². The average Bonchev–Trinajstić information content (AvgIpc) is 2.29. The monoisotopic (exact) mass is 301 g/mol. The Labute approximate surface area is 116 Å². The zero-order valence-electron chi connectivity index (χ0n) is 10.3. The van der Waals surface area contributed by atoms with Crippen LogP contribution in [0.3, 0.4) is 0 Å². The van der Waals surface area contributed by atoms with Crippen LogP contribution in [-0.2, 0) is 6.18 Å². The second kappa shape index (κ2) is 5.20. The summed E-state index contributed by atoms with van der Waals surface area (Å²) in [4.78, 5) is 18.2. The van der Waals surface area contributed by atoms with Gasteiger partial charge < -0.3 is 10.7 Å². The maximum Gasteiger partial charge on any atom is 0.416 e. The lowest BCUT2D eigenvalue weighted by Crippen LogP contribution is -2.08. The van der Waals surface area contributed by atoms with E-state index in [1.165, 1.54) is 12.1 Å². The number of benzene rings is 1. The van der Waals surface area contributed by atoms with Crippen molar-refractivity contribution >= 4 is 17.4 Å². The van der Waals surface area contributed by atoms with E-state index in [0.29, 0.717) is 10.6 Å². The molecule has 4 nitrogen and oxygen atoms in total. The molecule has 0 aliphatic rings. The summed E-state index contributed by atoms with van der Waals surface area (Å²) in [6.45, 7) is 1.65. The molecular weight excluding hydrogens is 291 g/mol. The second-order valence-corrected chi connectivity index (χ2v) is 5.08. The minimum atomic E-state index is -4.44. The van der Waals surface area contributed by atoms with Gasteiger partial charge in [0.15, 0.2) is 5.16 Å². The van der Waals surface area contributed by atoms with Crippen molar-refractivity contribution in [3.8, 4) is 0 Å². The van der Waals surface area contributed by atoms with Gasteiger partial charge in [0.05, 0.1) is 5.56 Å². The summed E-state index contributed by atoms with van der Waals surface area (Å²) in [5, 5.41) is 0.279. The smallest absolute Gasteiger partial charge is 0.398 e. The molecule has 0 saturated carbocycles. The molecule has 0 aliphatic heterocycles. The van der Waals surface area contributed by atoms with Crippen LogP contribution in [0.2, 0.25) is 0 Å². The number of hydrogen-bond donors (Lipinski definition) is 2. The van der Waals surface area contributed by atoms with Gasteiger partial charge in [-0.05, 0) is 36.9 Å². The lowest BCUT2D eigenvalue weighted by Gasteiger charge is -2.10. The van der Waals surface area contributed by atoms with Crippen LogP contribution in [0.4, 0.5) is 18.9 Å². The number of rotatable bonds is 2. The molecule has 0 radical (unpaired) electrons. The van der Waals surface area contributed by atoms with Crippen LogP contribution >= 0.6 is 11.8 Å². The molecule has 3 N–H and O–H groups in total. The summed E-state index contributed by atoms with van der Waals surface area (Å²) >= 11 is 1.00. The summed E-state index contributed by atoms with van der Waals surface area (Å²) < 4.78 is 37.5. The van der Waals surface area contributed by atoms with Crippen molar-refractivity contribution in [3.05, 3.63) is 45.9 Å². The lowest BCUT2D eigenvalue weighted by atomic mass is 10.2. The van der Waals surface area contributed by atoms with E-state index in [4.69, 9.17) is 5.73 Å². The van der Waals surface area contributed by atoms with E-state index in [2.05, 4.69) is 9.97 Å². The van der Waals surface area contributed by atoms with Crippen molar-refractivity contribution in [1.29, 1.82) is 0 Å². The van der Waals surface area contributed by atoms with Gasteiger partial charge >= 0.3 is 6.18 Å². The van der Waals surface area contributed by atoms with E-state index in [-0.39, 0.29) is 16.4 Å². The van der Waals surface area contributed by atoms with Gasteiger partial charge in [0.1, 0.15) is 0 Å². The van der Waals surface area contributed by atoms with Crippen LogP contribution in [0, 0.1) is 6.92 Å². The molecule has 1 aromatic carbocycles. The zero-order valence-corrected chi connectivity index (χ0v) is 11.1. The highest BCUT2D eigenvalue weighted by Crippen LogP contribution is 2.35. The SMILES string of the molecule is Cc1cc(=O)[nH]c(Sc2ccc(C(F)(F)F)cc2N)n1. The molecular formula is C12H10F3N3OS. The molecule has 0 atom stereocenters. The Hall–Kier alpha value is -1.96. The summed E-state index contributed by atoms with van der Waals surface area (Å²) in [5.74, 6) is 0. The van der Waals surface area contributed by atoms with Gasteiger partial charge in [0.2, 0.25) is 0 Å². The summed E-state index contributed by atoms with van der Waals surface area (Å²) in [5.41, 5.74) is 4.95. The molecule has 0 amide bonds. The van der Waals surface area contributed by atoms with Crippen molar-refractivity contribution in [2.75, 3.05) is 5.73 Å². The fraction of sp³-hybridized carbons (Fsp3) is 0.167. The van der Waals surface area contributed by atoms with Gasteiger partial charge in [-0.1, -0.05) is 0 Å². The molecule has 8 heteroatoms. The maximum atomic E-state index is 12.5. The van der Waals surface area contributed by atoms with Crippen molar-refractivity contribution in [2.24, 2.45) is 0 Å². The molecule has 106 valence electrons. The van der Waals surface area contributed by atoms with E-state index in [9.17, 15) is 18.0 Å². The number of nitrogen functional groups attached to an aromatic ring is 1. The predicted octanol–water partition coefficient (Wildman–Crippen LogP) is 2.83. The number of aromatic amines is 1. The molecule has 2 aromatic rings. The number of nitrogens with zero attached hydrogens (tertiary/aromatic N) is 1. The third-order valence-corrected chi connectivity index (χ3v) is 3.37. The molecule has 0 fully saturated rings. The van der Waals surface area contributed by atoms with E-state index in [1.54, 1.807) is 6.92 Å². The van der Waals surface area contributed by atoms with Gasteiger partial charge in [-0.15, -0.1) is 0 Å². The number of aryl methyl sites for hydroxylation is 1. The Morgan fingerprint density at radius 1 is 1.30 bits per heavy atom. The zero-order chi connectivity index (χ0) is 14.9. The predicted molar refractivity (Wildman–Crippen MR) is 69.6 cm³/mol. The minimum Gasteiger partial charge on any atom is -0.398 e. The van der Waals surface area contributed by atoms with Gasteiger partial charge in [-0.3, -0.25) is 4.79 Å². The van der Waals surface area contributed by atoms with E-state index < -0.39 is 11.7 Å². The van der Waals surface area contributed by atoms with Crippen molar-refractivity contribution in [2.45, 2.75) is 23.2 Å². The van der Waals surface area contributed by atoms with Gasteiger partial charge in [0, 0.05) is 22.3 Å². The summed E-state index contributed by atoms with van der Waals surface area (Å²) in [6.07, 6.45) is -4.44. The number of nitrogens with one attached hydrogen (secondary N) is 1. The molecule has 0 aliphatic carbocycles. The van der Waals surface area contributed by atoms with Crippen molar-refractivity contribution in [3.63, 3.8) is 0 Å². The van der Waals surface area contributed by atoms with Gasteiger partial charge in [-0.25, -0.2) is 4.98 Å². The first-order chi connectivity index (χ1) is 9.25. The molecule has 0 bridgehead atoms. The fourth-order valence-corrected chi connectivity index (χ4v) is 2.38. The first-order valence-corrected chi connectivity index (χ1v) is 6.30. The van der Waals surface area contributed by atoms with Crippen LogP contribution in [0.5, 0.6) is 0 Å². The summed E-state index contributed by atoms with van der Waals surface area (Å²) in [6, 6.07) is 4.37. The van der Waals surface area contributed by atoms with E-state index in [1.807, 2.05) is 0 Å². The largest absolute Gasteiger partial charge is 0.416 e. The van der Waals surface area contributed by atoms with Crippen LogP contribution in [0.25, 0.3) is 0 Å². The number of halogens is 3. The molecule has 1 heterocycles. The fourth-order valence-electron chi connectivity index (χ4n) is 1.52. The van der Waals surface area contributed by atoms with E-state index >= 15 is 0 Å². The third-order valence-electron chi connectivity index (χ3n) is 2.39. The number of H-pyrrole nitrogens is 1. The normalized spacial score (nSPS) is 11.6. The molecule has 1 aromatic heterocycles. The Balaban J connectivity index is 2.33. The Kier molecular flexibility index (Phi) is 3.76. The maximum absolute atomic E-state index is 12.5. The highest BCUT2D eigenvalue weighted by atomic mass is 32.2. The van der Waals surface area contributed by atoms with Crippen LogP contribution in [-0.4, -0.2) is 9.97 Å². The van der Waals surface area contributed by atoms with Gasteiger partial charge in [-0.2, -0.15) is 13.2 Å². The number of nitrogens with two attached hydrogens (primary N) is 1. The van der Waals surface area contributed by atoms with Gasteiger partial charge in [0.25, 0.3) is 5.56 Å². The highest BCUT2D eigenvalue weighted by Gasteiger charge is 2.30. The number of hydrogen-bond acceptors (Lipinski definition) is 4. The number of anilines is 1. The standard InChI is InChI=1S/C12H10F3N3OS/c1-6-4-10(19)18-11(17-6)20-9-3-2-7(5-8(9)16)12(13,14)15/h2-5H,16H2,1H3,(H,17,18,19). The Morgan fingerprint density at radius 2 is 2.00 bits per heavy atom. The topological polar surface area (TPSA) is 71.8 Å². The average molecular weight is 301 g/mol. The quantitative estimate of drug-likeness (QED) is 0.661. The van der Waals surface area contributed by atoms with Crippen LogP contribution in [0.1, 0.15) is 11.3 Å². The first kappa shape index (κ1) is 14.4.